The first kappa shape index (κ1) is 16.6. The number of amides is 2. The van der Waals surface area contributed by atoms with E-state index in [0.717, 1.165) is 0 Å². The molecule has 0 radical (unpaired) electrons. The Morgan fingerprint density at radius 3 is 2.27 bits per heavy atom. The van der Waals surface area contributed by atoms with Gasteiger partial charge in [-0.1, -0.05) is 29.3 Å². The lowest BCUT2D eigenvalue weighted by atomic mass is 9.93. The van der Waals surface area contributed by atoms with Crippen LogP contribution in [0.25, 0.3) is 0 Å². The second-order valence-electron chi connectivity index (χ2n) is 4.98. The van der Waals surface area contributed by atoms with Crippen LogP contribution in [0.3, 0.4) is 0 Å². The zero-order chi connectivity index (χ0) is 16.6. The molecule has 0 saturated heterocycles. The first-order valence-electron chi connectivity index (χ1n) is 6.54. The van der Waals surface area contributed by atoms with Crippen molar-refractivity contribution >= 4 is 35.2 Å². The van der Waals surface area contributed by atoms with E-state index in [1.54, 1.807) is 39.2 Å². The lowest BCUT2D eigenvalue weighted by Crippen LogP contribution is -2.47. The van der Waals surface area contributed by atoms with Crippen LogP contribution in [0.5, 0.6) is 0 Å². The number of likely N-dealkylation sites (N-methyl/N-ethyl adjacent to an activating group) is 1. The van der Waals surface area contributed by atoms with E-state index in [1.165, 1.54) is 16.9 Å². The van der Waals surface area contributed by atoms with Gasteiger partial charge in [-0.3, -0.25) is 0 Å². The predicted octanol–water partition coefficient (Wildman–Crippen LogP) is 3.48. The van der Waals surface area contributed by atoms with E-state index < -0.39 is 12.0 Å². The topological polar surface area (TPSA) is 49.9 Å². The molecule has 0 unspecified atom stereocenters. The number of methoxy groups -OCH3 is 1. The highest BCUT2D eigenvalue weighted by Gasteiger charge is 2.40. The molecule has 1 atom stereocenters. The fourth-order valence-corrected chi connectivity index (χ4v) is 3.15. The van der Waals surface area contributed by atoms with Gasteiger partial charge in [0.2, 0.25) is 0 Å². The molecule has 2 rings (SSSR count). The number of carbonyl (C=O) groups excluding carboxylic acids is 2. The van der Waals surface area contributed by atoms with Gasteiger partial charge in [-0.05, 0) is 19.1 Å². The zero-order valence-corrected chi connectivity index (χ0v) is 14.2. The number of hydrogen-bond donors (Lipinski definition) is 0. The number of ether oxygens (including phenoxy) is 1. The minimum atomic E-state index is -0.697. The van der Waals surface area contributed by atoms with Crippen molar-refractivity contribution in [2.45, 2.75) is 13.0 Å². The molecule has 2 amide bonds. The fraction of sp³-hybridized carbons (Fsp3) is 0.333. The number of rotatable bonds is 2. The SMILES string of the molecule is COC(=O)C1=C(C)N(C)C(=O)N(C)[C@@H]1c1c(Cl)cccc1Cl. The third kappa shape index (κ3) is 2.55. The molecule has 0 saturated carbocycles. The second kappa shape index (κ2) is 6.18. The molecule has 0 bridgehead atoms. The Balaban J connectivity index is 2.74. The number of halogens is 2. The fourth-order valence-electron chi connectivity index (χ4n) is 2.54. The Bertz CT molecular complexity index is 653. The van der Waals surface area contributed by atoms with E-state index in [2.05, 4.69) is 0 Å². The van der Waals surface area contributed by atoms with Gasteiger partial charge >= 0.3 is 12.0 Å². The number of urea groups is 1. The van der Waals surface area contributed by atoms with E-state index in [-0.39, 0.29) is 6.03 Å². The number of allylic oxidation sites excluding steroid dienone is 1. The van der Waals surface area contributed by atoms with Crippen LogP contribution >= 0.6 is 23.2 Å². The zero-order valence-electron chi connectivity index (χ0n) is 12.7. The van der Waals surface area contributed by atoms with E-state index in [4.69, 9.17) is 27.9 Å². The van der Waals surface area contributed by atoms with Gasteiger partial charge < -0.3 is 14.5 Å². The van der Waals surface area contributed by atoms with Crippen LogP contribution in [0.4, 0.5) is 4.79 Å². The summed E-state index contributed by atoms with van der Waals surface area (Å²) in [4.78, 5) is 27.4. The van der Waals surface area contributed by atoms with Crippen molar-refractivity contribution in [3.63, 3.8) is 0 Å². The summed E-state index contributed by atoms with van der Waals surface area (Å²) in [7, 11) is 4.49. The molecule has 22 heavy (non-hydrogen) atoms. The lowest BCUT2D eigenvalue weighted by molar-refractivity contribution is -0.137. The summed E-state index contributed by atoms with van der Waals surface area (Å²) in [5.41, 5.74) is 1.35. The van der Waals surface area contributed by atoms with Crippen LogP contribution in [0.1, 0.15) is 18.5 Å². The van der Waals surface area contributed by atoms with Gasteiger partial charge in [0.05, 0.1) is 18.7 Å². The van der Waals surface area contributed by atoms with Crippen LogP contribution in [-0.2, 0) is 9.53 Å². The standard InChI is InChI=1S/C15H16Cl2N2O3/c1-8-11(14(20)22-4)13(19(3)15(21)18(8)2)12-9(16)6-5-7-10(12)17/h5-7,13H,1-4H3/t13-/m0/s1. The Labute approximate surface area is 139 Å². The first-order valence-corrected chi connectivity index (χ1v) is 7.30. The molecule has 118 valence electrons. The second-order valence-corrected chi connectivity index (χ2v) is 5.80. The molecule has 0 spiro atoms. The number of carbonyl (C=O) groups is 2. The minimum Gasteiger partial charge on any atom is -0.466 e. The number of nitrogens with zero attached hydrogens (tertiary/aromatic N) is 2. The maximum atomic E-state index is 12.4. The molecular formula is C15H16Cl2N2O3. The predicted molar refractivity (Wildman–Crippen MR) is 84.8 cm³/mol. The molecule has 0 fully saturated rings. The highest BCUT2D eigenvalue weighted by atomic mass is 35.5. The highest BCUT2D eigenvalue weighted by Crippen LogP contribution is 2.42. The van der Waals surface area contributed by atoms with Crippen molar-refractivity contribution in [1.29, 1.82) is 0 Å². The van der Waals surface area contributed by atoms with Gasteiger partial charge in [0.15, 0.2) is 0 Å². The summed E-state index contributed by atoms with van der Waals surface area (Å²) in [5, 5.41) is 0.770. The highest BCUT2D eigenvalue weighted by molar-refractivity contribution is 6.36. The van der Waals surface area contributed by atoms with E-state index in [0.29, 0.717) is 26.9 Å². The van der Waals surface area contributed by atoms with Gasteiger partial charge in [-0.25, -0.2) is 9.59 Å². The van der Waals surface area contributed by atoms with Crippen LogP contribution in [0.2, 0.25) is 10.0 Å². The molecular weight excluding hydrogens is 327 g/mol. The van der Waals surface area contributed by atoms with Crippen molar-refractivity contribution in [2.24, 2.45) is 0 Å². The molecule has 1 aromatic rings. The van der Waals surface area contributed by atoms with Crippen molar-refractivity contribution in [1.82, 2.24) is 9.80 Å². The summed E-state index contributed by atoms with van der Waals surface area (Å²) in [6.07, 6.45) is 0. The van der Waals surface area contributed by atoms with Gasteiger partial charge in [-0.2, -0.15) is 0 Å². The Hall–Kier alpha value is -1.72. The van der Waals surface area contributed by atoms with E-state index in [9.17, 15) is 9.59 Å². The van der Waals surface area contributed by atoms with Crippen LogP contribution < -0.4 is 0 Å². The molecule has 1 aliphatic heterocycles. The third-order valence-electron chi connectivity index (χ3n) is 3.82. The summed E-state index contributed by atoms with van der Waals surface area (Å²) in [5.74, 6) is -0.523. The van der Waals surface area contributed by atoms with Gasteiger partial charge in [0, 0.05) is 35.4 Å². The average molecular weight is 343 g/mol. The Kier molecular flexibility index (Phi) is 4.68. The largest absolute Gasteiger partial charge is 0.466 e. The van der Waals surface area contributed by atoms with Crippen molar-refractivity contribution in [3.8, 4) is 0 Å². The van der Waals surface area contributed by atoms with Crippen molar-refractivity contribution in [2.75, 3.05) is 21.2 Å². The van der Waals surface area contributed by atoms with E-state index in [1.807, 2.05) is 0 Å². The molecule has 7 heteroatoms. The Morgan fingerprint density at radius 1 is 1.23 bits per heavy atom. The summed E-state index contributed by atoms with van der Waals surface area (Å²) in [6.45, 7) is 1.69. The Morgan fingerprint density at radius 2 is 1.77 bits per heavy atom. The van der Waals surface area contributed by atoms with Gasteiger partial charge in [-0.15, -0.1) is 0 Å². The summed E-state index contributed by atoms with van der Waals surface area (Å²) >= 11 is 12.5. The summed E-state index contributed by atoms with van der Waals surface area (Å²) < 4.78 is 4.88. The van der Waals surface area contributed by atoms with Crippen LogP contribution in [-0.4, -0.2) is 43.0 Å². The van der Waals surface area contributed by atoms with Gasteiger partial charge in [0.25, 0.3) is 0 Å². The molecule has 1 aliphatic rings. The molecule has 0 aliphatic carbocycles. The quantitative estimate of drug-likeness (QED) is 0.773. The summed E-state index contributed by atoms with van der Waals surface area (Å²) in [6, 6.07) is 4.09. The smallest absolute Gasteiger partial charge is 0.337 e. The monoisotopic (exact) mass is 342 g/mol. The lowest BCUT2D eigenvalue weighted by Gasteiger charge is -2.39. The third-order valence-corrected chi connectivity index (χ3v) is 4.48. The number of esters is 1. The van der Waals surface area contributed by atoms with E-state index >= 15 is 0 Å². The van der Waals surface area contributed by atoms with Crippen LogP contribution in [0.15, 0.2) is 29.5 Å². The van der Waals surface area contributed by atoms with Crippen molar-refractivity contribution < 1.29 is 14.3 Å². The van der Waals surface area contributed by atoms with Crippen LogP contribution in [0, 0.1) is 0 Å². The van der Waals surface area contributed by atoms with Gasteiger partial charge in [0.1, 0.15) is 0 Å². The maximum absolute atomic E-state index is 12.4. The number of benzene rings is 1. The number of hydrogen-bond acceptors (Lipinski definition) is 3. The van der Waals surface area contributed by atoms with Crippen molar-refractivity contribution in [3.05, 3.63) is 45.1 Å². The molecule has 1 aromatic carbocycles. The maximum Gasteiger partial charge on any atom is 0.337 e. The first-order chi connectivity index (χ1) is 10.3. The average Bonchev–Trinajstić information content (AvgIpc) is 2.49. The molecule has 0 N–H and O–H groups in total. The molecule has 5 nitrogen and oxygen atoms in total. The normalized spacial score (nSPS) is 18.8. The minimum absolute atomic E-state index is 0.258. The molecule has 0 aromatic heterocycles. The molecule has 1 heterocycles.